The predicted molar refractivity (Wildman–Crippen MR) is 60.5 cm³/mol. The Hall–Kier alpha value is -1.40. The number of rotatable bonds is 3. The highest BCUT2D eigenvalue weighted by Crippen LogP contribution is 2.34. The average molecular weight is 239 g/mol. The first kappa shape index (κ1) is 12.1. The number of esters is 1. The molecule has 3 N–H and O–H groups in total. The van der Waals surface area contributed by atoms with E-state index >= 15 is 0 Å². The molecular weight excluding hydrogens is 222 g/mol. The molecule has 0 aromatic carbocycles. The van der Waals surface area contributed by atoms with Crippen molar-refractivity contribution in [2.75, 3.05) is 7.11 Å². The number of carbonyl (C=O) groups excluding carboxylic acids is 1. The van der Waals surface area contributed by atoms with Crippen LogP contribution in [0.3, 0.4) is 0 Å². The first-order valence-corrected chi connectivity index (χ1v) is 5.62. The minimum absolute atomic E-state index is 0.0677. The minimum atomic E-state index is -0.406. The van der Waals surface area contributed by atoms with Crippen molar-refractivity contribution in [1.82, 2.24) is 9.78 Å². The summed E-state index contributed by atoms with van der Waals surface area (Å²) >= 11 is 0. The number of hydrogen-bond donors (Lipinski definition) is 2. The summed E-state index contributed by atoms with van der Waals surface area (Å²) in [6.45, 7) is 2.10. The largest absolute Gasteiger partial charge is 0.464 e. The second kappa shape index (κ2) is 4.46. The Morgan fingerprint density at radius 2 is 2.29 bits per heavy atom. The maximum absolute atomic E-state index is 11.7. The fourth-order valence-electron chi connectivity index (χ4n) is 2.12. The number of aliphatic hydroxyl groups excluding tert-OH is 1. The lowest BCUT2D eigenvalue weighted by molar-refractivity contribution is 0.0370. The zero-order chi connectivity index (χ0) is 12.6. The monoisotopic (exact) mass is 239 g/mol. The zero-order valence-corrected chi connectivity index (χ0v) is 10.0. The van der Waals surface area contributed by atoms with Crippen LogP contribution in [0.4, 0.5) is 0 Å². The van der Waals surface area contributed by atoms with Gasteiger partial charge in [0.2, 0.25) is 0 Å². The van der Waals surface area contributed by atoms with Gasteiger partial charge in [-0.1, -0.05) is 0 Å². The van der Waals surface area contributed by atoms with E-state index in [1.807, 2.05) is 6.92 Å². The normalized spacial score (nSPS) is 23.3. The Morgan fingerprint density at radius 1 is 1.65 bits per heavy atom. The van der Waals surface area contributed by atoms with E-state index < -0.39 is 5.97 Å². The number of aromatic nitrogens is 2. The highest BCUT2D eigenvalue weighted by molar-refractivity contribution is 5.89. The Balaban J connectivity index is 2.39. The Morgan fingerprint density at radius 3 is 2.76 bits per heavy atom. The van der Waals surface area contributed by atoms with Crippen molar-refractivity contribution in [3.63, 3.8) is 0 Å². The van der Waals surface area contributed by atoms with Gasteiger partial charge < -0.3 is 15.6 Å². The number of nitrogens with zero attached hydrogens (tertiary/aromatic N) is 2. The molecule has 1 fully saturated rings. The first-order chi connectivity index (χ1) is 8.08. The van der Waals surface area contributed by atoms with Gasteiger partial charge in [-0.3, -0.25) is 4.68 Å². The van der Waals surface area contributed by atoms with Crippen molar-refractivity contribution in [2.45, 2.75) is 38.5 Å². The van der Waals surface area contributed by atoms with Gasteiger partial charge in [-0.2, -0.15) is 5.10 Å². The molecule has 2 rings (SSSR count). The molecular formula is C11H17N3O3. The van der Waals surface area contributed by atoms with Gasteiger partial charge in [0.25, 0.3) is 0 Å². The van der Waals surface area contributed by atoms with Crippen LogP contribution in [0.25, 0.3) is 0 Å². The maximum Gasteiger partial charge on any atom is 0.356 e. The van der Waals surface area contributed by atoms with E-state index in [1.54, 1.807) is 4.68 Å². The van der Waals surface area contributed by atoms with Crippen LogP contribution in [0.5, 0.6) is 0 Å². The highest BCUT2D eigenvalue weighted by atomic mass is 16.5. The van der Waals surface area contributed by atoms with E-state index in [0.29, 0.717) is 24.2 Å². The van der Waals surface area contributed by atoms with Crippen LogP contribution < -0.4 is 5.73 Å². The fourth-order valence-corrected chi connectivity index (χ4v) is 2.12. The summed E-state index contributed by atoms with van der Waals surface area (Å²) in [5.74, 6) is -0.406. The molecule has 0 saturated heterocycles. The van der Waals surface area contributed by atoms with E-state index in [-0.39, 0.29) is 18.7 Å². The number of ether oxygens (including phenoxy) is 1. The number of carbonyl (C=O) groups is 1. The molecule has 0 amide bonds. The quantitative estimate of drug-likeness (QED) is 0.732. The van der Waals surface area contributed by atoms with E-state index in [0.717, 1.165) is 5.56 Å². The summed E-state index contributed by atoms with van der Waals surface area (Å²) in [5, 5.41) is 13.7. The van der Waals surface area contributed by atoms with Crippen molar-refractivity contribution in [1.29, 1.82) is 0 Å². The van der Waals surface area contributed by atoms with Crippen molar-refractivity contribution in [3.8, 4) is 0 Å². The minimum Gasteiger partial charge on any atom is -0.464 e. The van der Waals surface area contributed by atoms with E-state index in [4.69, 9.17) is 10.5 Å². The molecule has 1 aliphatic carbocycles. The van der Waals surface area contributed by atoms with Gasteiger partial charge in [-0.05, 0) is 19.8 Å². The molecule has 0 atom stereocenters. The molecule has 0 unspecified atom stereocenters. The Kier molecular flexibility index (Phi) is 3.17. The third kappa shape index (κ3) is 1.94. The topological polar surface area (TPSA) is 90.4 Å². The Bertz CT molecular complexity index is 435. The summed E-state index contributed by atoms with van der Waals surface area (Å²) in [7, 11) is 1.34. The summed E-state index contributed by atoms with van der Waals surface area (Å²) < 4.78 is 6.41. The lowest BCUT2D eigenvalue weighted by atomic mass is 9.89. The van der Waals surface area contributed by atoms with E-state index in [2.05, 4.69) is 5.10 Å². The standard InChI is InChI=1S/C11H17N3O3/c1-6-9(5-12)13-14(7-3-8(15)4-7)10(6)11(16)17-2/h7-8,15H,3-5,12H2,1-2H3/t7-,8-. The molecule has 0 bridgehead atoms. The molecule has 17 heavy (non-hydrogen) atoms. The van der Waals surface area contributed by atoms with Crippen molar-refractivity contribution in [2.24, 2.45) is 5.73 Å². The summed E-state index contributed by atoms with van der Waals surface area (Å²) in [6, 6.07) is 0.0677. The van der Waals surface area contributed by atoms with Gasteiger partial charge in [-0.25, -0.2) is 4.79 Å². The lowest BCUT2D eigenvalue weighted by Gasteiger charge is -2.32. The van der Waals surface area contributed by atoms with Crippen LogP contribution in [0.1, 0.15) is 40.6 Å². The van der Waals surface area contributed by atoms with Crippen LogP contribution in [-0.4, -0.2) is 34.1 Å². The van der Waals surface area contributed by atoms with Crippen LogP contribution >= 0.6 is 0 Å². The highest BCUT2D eigenvalue weighted by Gasteiger charge is 2.34. The van der Waals surface area contributed by atoms with Crippen molar-refractivity contribution in [3.05, 3.63) is 17.0 Å². The molecule has 0 aliphatic heterocycles. The molecule has 0 spiro atoms. The molecule has 1 aromatic rings. The summed E-state index contributed by atoms with van der Waals surface area (Å²) in [4.78, 5) is 11.7. The third-order valence-electron chi connectivity index (χ3n) is 3.25. The third-order valence-corrected chi connectivity index (χ3v) is 3.25. The number of aliphatic hydroxyl groups is 1. The smallest absolute Gasteiger partial charge is 0.356 e. The first-order valence-electron chi connectivity index (χ1n) is 5.62. The van der Waals surface area contributed by atoms with Gasteiger partial charge >= 0.3 is 5.97 Å². The van der Waals surface area contributed by atoms with Crippen LogP contribution in [0.15, 0.2) is 0 Å². The Labute approximate surface area is 99.4 Å². The summed E-state index contributed by atoms with van der Waals surface area (Å²) in [5.41, 5.74) is 7.50. The summed E-state index contributed by atoms with van der Waals surface area (Å²) in [6.07, 6.45) is 0.945. The SMILES string of the molecule is COC(=O)c1c(C)c(CN)nn1[C@H]1C[C@H](O)C1. The number of nitrogens with two attached hydrogens (primary N) is 1. The number of hydrogen-bond acceptors (Lipinski definition) is 5. The molecule has 6 nitrogen and oxygen atoms in total. The molecule has 1 aliphatic rings. The molecule has 94 valence electrons. The molecule has 1 heterocycles. The molecule has 1 aromatic heterocycles. The fraction of sp³-hybridized carbons (Fsp3) is 0.636. The van der Waals surface area contributed by atoms with E-state index in [9.17, 15) is 9.90 Å². The van der Waals surface area contributed by atoms with Gasteiger partial charge in [-0.15, -0.1) is 0 Å². The lowest BCUT2D eigenvalue weighted by Crippen LogP contribution is -2.33. The van der Waals surface area contributed by atoms with Crippen LogP contribution in [-0.2, 0) is 11.3 Å². The predicted octanol–water partition coefficient (Wildman–Crippen LogP) is 0.133. The molecule has 0 radical (unpaired) electrons. The van der Waals surface area contributed by atoms with Crippen molar-refractivity contribution < 1.29 is 14.6 Å². The van der Waals surface area contributed by atoms with Gasteiger partial charge in [0.05, 0.1) is 24.9 Å². The van der Waals surface area contributed by atoms with Crippen LogP contribution in [0, 0.1) is 6.92 Å². The average Bonchev–Trinajstić information content (AvgIpc) is 2.61. The van der Waals surface area contributed by atoms with E-state index in [1.165, 1.54) is 7.11 Å². The van der Waals surface area contributed by atoms with Crippen molar-refractivity contribution >= 4 is 5.97 Å². The second-order valence-electron chi connectivity index (χ2n) is 4.34. The second-order valence-corrected chi connectivity index (χ2v) is 4.34. The van der Waals surface area contributed by atoms with Gasteiger partial charge in [0.1, 0.15) is 5.69 Å². The van der Waals surface area contributed by atoms with Gasteiger partial charge in [0.15, 0.2) is 0 Å². The molecule has 1 saturated carbocycles. The zero-order valence-electron chi connectivity index (χ0n) is 10.0. The molecule has 6 heteroatoms. The maximum atomic E-state index is 11.7. The number of methoxy groups -OCH3 is 1. The van der Waals surface area contributed by atoms with Crippen LogP contribution in [0.2, 0.25) is 0 Å². The van der Waals surface area contributed by atoms with Gasteiger partial charge in [0, 0.05) is 12.1 Å².